The van der Waals surface area contributed by atoms with Crippen molar-refractivity contribution in [2.24, 2.45) is 0 Å². The van der Waals surface area contributed by atoms with Crippen LogP contribution < -0.4 is 0 Å². The molecule has 0 unspecified atom stereocenters. The molecule has 0 aliphatic heterocycles. The van der Waals surface area contributed by atoms with E-state index in [2.05, 4.69) is 4.98 Å². The van der Waals surface area contributed by atoms with E-state index >= 15 is 0 Å². The molecule has 1 aromatic heterocycles. The van der Waals surface area contributed by atoms with Crippen LogP contribution in [-0.2, 0) is 0 Å². The fourth-order valence-electron chi connectivity index (χ4n) is 2.05. The molecule has 2 N–H and O–H groups in total. The Hall–Kier alpha value is -1.25. The Morgan fingerprint density at radius 1 is 1.20 bits per heavy atom. The van der Waals surface area contributed by atoms with E-state index in [4.69, 9.17) is 0 Å². The number of aromatic carboxylic acids is 1. The first-order valence-electron chi connectivity index (χ1n) is 5.31. The number of aromatic amines is 1. The van der Waals surface area contributed by atoms with Crippen molar-refractivity contribution < 1.29 is 9.90 Å². The maximum absolute atomic E-state index is 11.2. The van der Waals surface area contributed by atoms with E-state index in [1.807, 2.05) is 34.6 Å². The van der Waals surface area contributed by atoms with Crippen molar-refractivity contribution in [2.45, 2.75) is 46.5 Å². The molecule has 1 aromatic rings. The van der Waals surface area contributed by atoms with Gasteiger partial charge in [-0.05, 0) is 24.3 Å². The molecule has 0 amide bonds. The van der Waals surface area contributed by atoms with Crippen LogP contribution in [0.15, 0.2) is 0 Å². The van der Waals surface area contributed by atoms with Crippen LogP contribution in [0.1, 0.15) is 66.8 Å². The third-order valence-corrected chi connectivity index (χ3v) is 2.63. The van der Waals surface area contributed by atoms with E-state index in [-0.39, 0.29) is 11.8 Å². The Bertz CT molecular complexity index is 375. The summed E-state index contributed by atoms with van der Waals surface area (Å²) in [5.74, 6) is -0.381. The normalized spacial score (nSPS) is 11.4. The minimum absolute atomic E-state index is 0.210. The number of carboxylic acids is 1. The summed E-state index contributed by atoms with van der Waals surface area (Å²) < 4.78 is 0. The standard InChI is InChI=1S/C12H19NO2/c1-6(2)9-8(5)13-11(7(3)4)10(9)12(14)15/h6-7,13H,1-5H3,(H,14,15). The topological polar surface area (TPSA) is 53.1 Å². The number of nitrogens with one attached hydrogen (secondary N) is 1. The van der Waals surface area contributed by atoms with E-state index in [0.717, 1.165) is 17.0 Å². The summed E-state index contributed by atoms with van der Waals surface area (Å²) in [5.41, 5.74) is 3.22. The van der Waals surface area contributed by atoms with Crippen LogP contribution in [0.5, 0.6) is 0 Å². The van der Waals surface area contributed by atoms with Gasteiger partial charge in [0, 0.05) is 11.4 Å². The zero-order chi connectivity index (χ0) is 11.7. The predicted molar refractivity (Wildman–Crippen MR) is 60.7 cm³/mol. The lowest BCUT2D eigenvalue weighted by molar-refractivity contribution is 0.0694. The highest BCUT2D eigenvalue weighted by atomic mass is 16.4. The molecule has 1 rings (SSSR count). The lowest BCUT2D eigenvalue weighted by Gasteiger charge is -2.08. The lowest BCUT2D eigenvalue weighted by Crippen LogP contribution is -2.05. The molecule has 0 atom stereocenters. The quantitative estimate of drug-likeness (QED) is 0.802. The number of hydrogen-bond donors (Lipinski definition) is 2. The molecule has 3 nitrogen and oxygen atoms in total. The van der Waals surface area contributed by atoms with E-state index in [1.165, 1.54) is 0 Å². The summed E-state index contributed by atoms with van der Waals surface area (Å²) >= 11 is 0. The minimum atomic E-state index is -0.827. The van der Waals surface area contributed by atoms with Crippen molar-refractivity contribution in [3.63, 3.8) is 0 Å². The number of H-pyrrole nitrogens is 1. The third kappa shape index (κ3) is 2.06. The molecule has 0 radical (unpaired) electrons. The number of carboxylic acid groups (broad SMARTS) is 1. The number of hydrogen-bond acceptors (Lipinski definition) is 1. The Kier molecular flexibility index (Phi) is 3.22. The average molecular weight is 209 g/mol. The third-order valence-electron chi connectivity index (χ3n) is 2.63. The van der Waals surface area contributed by atoms with Gasteiger partial charge < -0.3 is 10.1 Å². The summed E-state index contributed by atoms with van der Waals surface area (Å²) in [6, 6.07) is 0. The summed E-state index contributed by atoms with van der Waals surface area (Å²) in [5, 5.41) is 9.24. The second-order valence-corrected chi connectivity index (χ2v) is 4.57. The molecule has 3 heteroatoms. The summed E-state index contributed by atoms with van der Waals surface area (Å²) in [4.78, 5) is 14.4. The van der Waals surface area contributed by atoms with Crippen molar-refractivity contribution in [1.29, 1.82) is 0 Å². The van der Waals surface area contributed by atoms with E-state index in [9.17, 15) is 9.90 Å². The van der Waals surface area contributed by atoms with Gasteiger partial charge in [-0.3, -0.25) is 0 Å². The van der Waals surface area contributed by atoms with Crippen LogP contribution >= 0.6 is 0 Å². The number of aromatic nitrogens is 1. The highest BCUT2D eigenvalue weighted by Crippen LogP contribution is 2.30. The largest absolute Gasteiger partial charge is 0.478 e. The molecule has 0 saturated heterocycles. The molecule has 0 saturated carbocycles. The van der Waals surface area contributed by atoms with Crippen LogP contribution in [0, 0.1) is 6.92 Å². The van der Waals surface area contributed by atoms with Crippen LogP contribution in [0.3, 0.4) is 0 Å². The first-order valence-corrected chi connectivity index (χ1v) is 5.31. The number of carbonyl (C=O) groups is 1. The van der Waals surface area contributed by atoms with Gasteiger partial charge in [-0.2, -0.15) is 0 Å². The molecule has 0 aliphatic carbocycles. The van der Waals surface area contributed by atoms with Crippen LogP contribution in [0.25, 0.3) is 0 Å². The maximum Gasteiger partial charge on any atom is 0.337 e. The SMILES string of the molecule is Cc1[nH]c(C(C)C)c(C(=O)O)c1C(C)C. The summed E-state index contributed by atoms with van der Waals surface area (Å²) in [6.07, 6.45) is 0. The Labute approximate surface area is 90.5 Å². The van der Waals surface area contributed by atoms with Gasteiger partial charge in [0.15, 0.2) is 0 Å². The van der Waals surface area contributed by atoms with Crippen molar-refractivity contribution in [1.82, 2.24) is 4.98 Å². The molecular weight excluding hydrogens is 190 g/mol. The molecule has 0 spiro atoms. The predicted octanol–water partition coefficient (Wildman–Crippen LogP) is 3.27. The highest BCUT2D eigenvalue weighted by Gasteiger charge is 2.23. The van der Waals surface area contributed by atoms with Gasteiger partial charge in [0.05, 0.1) is 5.56 Å². The number of aryl methyl sites for hydroxylation is 1. The molecule has 0 fully saturated rings. The molecule has 1 heterocycles. The molecular formula is C12H19NO2. The highest BCUT2D eigenvalue weighted by molar-refractivity contribution is 5.91. The Morgan fingerprint density at radius 2 is 1.73 bits per heavy atom. The first-order chi connectivity index (χ1) is 6.86. The van der Waals surface area contributed by atoms with Gasteiger partial charge in [0.2, 0.25) is 0 Å². The van der Waals surface area contributed by atoms with E-state index < -0.39 is 5.97 Å². The van der Waals surface area contributed by atoms with Gasteiger partial charge >= 0.3 is 5.97 Å². The fraction of sp³-hybridized carbons (Fsp3) is 0.583. The zero-order valence-corrected chi connectivity index (χ0v) is 10.0. The van der Waals surface area contributed by atoms with Crippen molar-refractivity contribution in [3.05, 3.63) is 22.5 Å². The summed E-state index contributed by atoms with van der Waals surface area (Å²) in [7, 11) is 0. The van der Waals surface area contributed by atoms with Crippen molar-refractivity contribution >= 4 is 5.97 Å². The molecule has 0 bridgehead atoms. The van der Waals surface area contributed by atoms with E-state index in [0.29, 0.717) is 5.56 Å². The maximum atomic E-state index is 11.2. The average Bonchev–Trinajstić information content (AvgIpc) is 2.42. The Balaban J connectivity index is 3.44. The van der Waals surface area contributed by atoms with E-state index in [1.54, 1.807) is 0 Å². The number of rotatable bonds is 3. The second kappa shape index (κ2) is 4.09. The second-order valence-electron chi connectivity index (χ2n) is 4.57. The van der Waals surface area contributed by atoms with Crippen LogP contribution in [0.2, 0.25) is 0 Å². The van der Waals surface area contributed by atoms with Crippen molar-refractivity contribution in [3.8, 4) is 0 Å². The van der Waals surface area contributed by atoms with Crippen LogP contribution in [0.4, 0.5) is 0 Å². The molecule has 0 aromatic carbocycles. The molecule has 15 heavy (non-hydrogen) atoms. The minimum Gasteiger partial charge on any atom is -0.478 e. The smallest absolute Gasteiger partial charge is 0.337 e. The molecule has 0 aliphatic rings. The van der Waals surface area contributed by atoms with Crippen LogP contribution in [-0.4, -0.2) is 16.1 Å². The zero-order valence-electron chi connectivity index (χ0n) is 10.0. The van der Waals surface area contributed by atoms with Gasteiger partial charge in [-0.15, -0.1) is 0 Å². The van der Waals surface area contributed by atoms with Gasteiger partial charge in [0.1, 0.15) is 0 Å². The van der Waals surface area contributed by atoms with Crippen molar-refractivity contribution in [2.75, 3.05) is 0 Å². The van der Waals surface area contributed by atoms with Gasteiger partial charge in [0.25, 0.3) is 0 Å². The fourth-order valence-corrected chi connectivity index (χ4v) is 2.05. The van der Waals surface area contributed by atoms with Gasteiger partial charge in [-0.25, -0.2) is 4.79 Å². The van der Waals surface area contributed by atoms with Gasteiger partial charge in [-0.1, -0.05) is 27.7 Å². The monoisotopic (exact) mass is 209 g/mol. The summed E-state index contributed by atoms with van der Waals surface area (Å²) in [6.45, 7) is 9.98. The molecule has 84 valence electrons. The lowest BCUT2D eigenvalue weighted by atomic mass is 9.95. The first kappa shape index (κ1) is 11.8. The Morgan fingerprint density at radius 3 is 2.07 bits per heavy atom.